The highest BCUT2D eigenvalue weighted by Crippen LogP contribution is 2.19. The molecule has 0 aliphatic rings. The first kappa shape index (κ1) is 19.6. The van der Waals surface area contributed by atoms with Crippen molar-refractivity contribution >= 4 is 28.8 Å². The first-order chi connectivity index (χ1) is 13.5. The average Bonchev–Trinajstić information content (AvgIpc) is 3.23. The van der Waals surface area contributed by atoms with Gasteiger partial charge >= 0.3 is 0 Å². The minimum Gasteiger partial charge on any atom is -0.492 e. The maximum atomic E-state index is 12.9. The standard InChI is InChI=1S/C22H22N2O3S/c1-16-7-5-8-17(15-16)27-13-12-24(2)22(26)18-9-3-4-10-19(18)23-21(25)20-11-6-14-28-20/h3-11,14-15H,12-13H2,1-2H3,(H,23,25). The Bertz CT molecular complexity index is 954. The zero-order valence-electron chi connectivity index (χ0n) is 15.8. The molecular formula is C22H22N2O3S. The summed E-state index contributed by atoms with van der Waals surface area (Å²) in [6.45, 7) is 2.82. The minimum absolute atomic E-state index is 0.171. The Balaban J connectivity index is 1.62. The van der Waals surface area contributed by atoms with E-state index in [1.807, 2.05) is 42.6 Å². The van der Waals surface area contributed by atoms with Gasteiger partial charge in [0.05, 0.1) is 22.7 Å². The number of hydrogen-bond acceptors (Lipinski definition) is 4. The molecule has 6 heteroatoms. The molecule has 5 nitrogen and oxygen atoms in total. The third-order valence-electron chi connectivity index (χ3n) is 4.18. The van der Waals surface area contributed by atoms with Crippen LogP contribution in [-0.4, -0.2) is 36.9 Å². The molecule has 1 aromatic heterocycles. The zero-order chi connectivity index (χ0) is 19.9. The molecule has 0 fully saturated rings. The molecule has 0 saturated heterocycles. The number of carbonyl (C=O) groups is 2. The van der Waals surface area contributed by atoms with Gasteiger partial charge in [-0.1, -0.05) is 30.3 Å². The number of rotatable bonds is 7. The van der Waals surface area contributed by atoms with E-state index in [2.05, 4.69) is 5.32 Å². The number of carbonyl (C=O) groups excluding carboxylic acids is 2. The van der Waals surface area contributed by atoms with Gasteiger partial charge in [-0.05, 0) is 48.2 Å². The Hall–Kier alpha value is -3.12. The van der Waals surface area contributed by atoms with Gasteiger partial charge in [0.2, 0.25) is 0 Å². The number of ether oxygens (including phenoxy) is 1. The molecule has 2 amide bonds. The predicted molar refractivity (Wildman–Crippen MR) is 112 cm³/mol. The van der Waals surface area contributed by atoms with Crippen LogP contribution in [-0.2, 0) is 0 Å². The molecule has 0 saturated carbocycles. The number of nitrogens with zero attached hydrogens (tertiary/aromatic N) is 1. The van der Waals surface area contributed by atoms with Crippen molar-refractivity contribution in [3.05, 3.63) is 82.0 Å². The molecule has 0 atom stereocenters. The van der Waals surface area contributed by atoms with Gasteiger partial charge in [0.15, 0.2) is 0 Å². The Kier molecular flexibility index (Phi) is 6.45. The second-order valence-corrected chi connectivity index (χ2v) is 7.32. The number of hydrogen-bond donors (Lipinski definition) is 1. The van der Waals surface area contributed by atoms with E-state index in [-0.39, 0.29) is 11.8 Å². The summed E-state index contributed by atoms with van der Waals surface area (Å²) >= 11 is 1.36. The SMILES string of the molecule is Cc1cccc(OCCN(C)C(=O)c2ccccc2NC(=O)c2cccs2)c1. The molecule has 28 heavy (non-hydrogen) atoms. The molecular weight excluding hydrogens is 372 g/mol. The van der Waals surface area contributed by atoms with Crippen LogP contribution in [0.4, 0.5) is 5.69 Å². The smallest absolute Gasteiger partial charge is 0.265 e. The molecule has 144 valence electrons. The monoisotopic (exact) mass is 394 g/mol. The lowest BCUT2D eigenvalue weighted by Gasteiger charge is -2.19. The number of amides is 2. The van der Waals surface area contributed by atoms with Crippen molar-refractivity contribution in [3.63, 3.8) is 0 Å². The fourth-order valence-electron chi connectivity index (χ4n) is 2.68. The zero-order valence-corrected chi connectivity index (χ0v) is 16.7. The van der Waals surface area contributed by atoms with Crippen LogP contribution in [0.5, 0.6) is 5.75 Å². The fraction of sp³-hybridized carbons (Fsp3) is 0.182. The molecule has 3 rings (SSSR count). The highest BCUT2D eigenvalue weighted by Gasteiger charge is 2.17. The van der Waals surface area contributed by atoms with Gasteiger partial charge in [-0.25, -0.2) is 0 Å². The molecule has 0 spiro atoms. The van der Waals surface area contributed by atoms with Gasteiger partial charge in [0.1, 0.15) is 12.4 Å². The highest BCUT2D eigenvalue weighted by atomic mass is 32.1. The quantitative estimate of drug-likeness (QED) is 0.644. The van der Waals surface area contributed by atoms with Crippen LogP contribution in [0.2, 0.25) is 0 Å². The van der Waals surface area contributed by atoms with Crippen LogP contribution in [0.1, 0.15) is 25.6 Å². The molecule has 1 N–H and O–H groups in total. The second-order valence-electron chi connectivity index (χ2n) is 6.37. The molecule has 0 bridgehead atoms. The van der Waals surface area contributed by atoms with E-state index in [9.17, 15) is 9.59 Å². The summed E-state index contributed by atoms with van der Waals surface area (Å²) in [4.78, 5) is 27.4. The first-order valence-corrected chi connectivity index (χ1v) is 9.81. The van der Waals surface area contributed by atoms with E-state index in [1.165, 1.54) is 11.3 Å². The van der Waals surface area contributed by atoms with Gasteiger partial charge in [0, 0.05) is 7.05 Å². The van der Waals surface area contributed by atoms with Gasteiger partial charge < -0.3 is 15.0 Å². The van der Waals surface area contributed by atoms with E-state index in [0.717, 1.165) is 11.3 Å². The van der Waals surface area contributed by atoms with Gasteiger partial charge in [-0.2, -0.15) is 0 Å². The van der Waals surface area contributed by atoms with E-state index >= 15 is 0 Å². The number of likely N-dealkylation sites (N-methyl/N-ethyl adjacent to an activating group) is 1. The van der Waals surface area contributed by atoms with Crippen LogP contribution in [0.25, 0.3) is 0 Å². The van der Waals surface area contributed by atoms with Crippen molar-refractivity contribution in [2.45, 2.75) is 6.92 Å². The highest BCUT2D eigenvalue weighted by molar-refractivity contribution is 7.12. The largest absolute Gasteiger partial charge is 0.492 e. The maximum absolute atomic E-state index is 12.9. The number of anilines is 1. The predicted octanol–water partition coefficient (Wildman–Crippen LogP) is 4.46. The van der Waals surface area contributed by atoms with Crippen LogP contribution < -0.4 is 10.1 Å². The van der Waals surface area contributed by atoms with E-state index in [0.29, 0.717) is 29.3 Å². The Morgan fingerprint density at radius 3 is 2.64 bits per heavy atom. The van der Waals surface area contributed by atoms with Crippen molar-refractivity contribution in [2.24, 2.45) is 0 Å². The first-order valence-electron chi connectivity index (χ1n) is 8.93. The number of para-hydroxylation sites is 1. The number of benzene rings is 2. The van der Waals surface area contributed by atoms with Crippen molar-refractivity contribution in [1.82, 2.24) is 4.90 Å². The Morgan fingerprint density at radius 2 is 1.89 bits per heavy atom. The minimum atomic E-state index is -0.222. The van der Waals surface area contributed by atoms with Gasteiger partial charge in [-0.15, -0.1) is 11.3 Å². The molecule has 2 aromatic carbocycles. The molecule has 0 unspecified atom stereocenters. The van der Waals surface area contributed by atoms with Crippen molar-refractivity contribution in [3.8, 4) is 5.75 Å². The van der Waals surface area contributed by atoms with Gasteiger partial charge in [0.25, 0.3) is 11.8 Å². The molecule has 0 aliphatic carbocycles. The summed E-state index contributed by atoms with van der Waals surface area (Å²) in [7, 11) is 1.72. The van der Waals surface area contributed by atoms with Gasteiger partial charge in [-0.3, -0.25) is 9.59 Å². The topological polar surface area (TPSA) is 58.6 Å². The maximum Gasteiger partial charge on any atom is 0.265 e. The summed E-state index contributed by atoms with van der Waals surface area (Å²) in [6, 6.07) is 18.4. The van der Waals surface area contributed by atoms with Crippen molar-refractivity contribution < 1.29 is 14.3 Å². The van der Waals surface area contributed by atoms with E-state index < -0.39 is 0 Å². The van der Waals surface area contributed by atoms with E-state index in [4.69, 9.17) is 4.74 Å². The second kappa shape index (κ2) is 9.19. The fourth-order valence-corrected chi connectivity index (χ4v) is 3.30. The summed E-state index contributed by atoms with van der Waals surface area (Å²) < 4.78 is 5.73. The summed E-state index contributed by atoms with van der Waals surface area (Å²) in [5.74, 6) is 0.389. The summed E-state index contributed by atoms with van der Waals surface area (Å²) in [5, 5.41) is 4.67. The number of nitrogens with one attached hydrogen (secondary N) is 1. The van der Waals surface area contributed by atoms with Crippen LogP contribution >= 0.6 is 11.3 Å². The summed E-state index contributed by atoms with van der Waals surface area (Å²) in [5.41, 5.74) is 2.07. The van der Waals surface area contributed by atoms with Crippen LogP contribution in [0.3, 0.4) is 0 Å². The summed E-state index contributed by atoms with van der Waals surface area (Å²) in [6.07, 6.45) is 0. The normalized spacial score (nSPS) is 10.4. The molecule has 0 radical (unpaired) electrons. The van der Waals surface area contributed by atoms with E-state index in [1.54, 1.807) is 42.3 Å². The van der Waals surface area contributed by atoms with Crippen molar-refractivity contribution in [2.75, 3.05) is 25.5 Å². The Morgan fingerprint density at radius 1 is 1.07 bits per heavy atom. The van der Waals surface area contributed by atoms with Crippen LogP contribution in [0.15, 0.2) is 66.0 Å². The lowest BCUT2D eigenvalue weighted by atomic mass is 10.1. The third-order valence-corrected chi connectivity index (χ3v) is 5.05. The number of aryl methyl sites for hydroxylation is 1. The molecule has 3 aromatic rings. The molecule has 0 aliphatic heterocycles. The number of thiophene rings is 1. The van der Waals surface area contributed by atoms with Crippen molar-refractivity contribution in [1.29, 1.82) is 0 Å². The lowest BCUT2D eigenvalue weighted by molar-refractivity contribution is 0.0774. The Labute approximate surface area is 168 Å². The third kappa shape index (κ3) is 4.98. The van der Waals surface area contributed by atoms with Crippen LogP contribution in [0, 0.1) is 6.92 Å². The average molecular weight is 394 g/mol. The lowest BCUT2D eigenvalue weighted by Crippen LogP contribution is -2.31. The molecule has 1 heterocycles.